The SMILES string of the molecule is CC(C)(C)c1nnc(CN2CCCOc3ccccc32)o1. The highest BCUT2D eigenvalue weighted by Gasteiger charge is 2.23. The highest BCUT2D eigenvalue weighted by Crippen LogP contribution is 2.31. The minimum atomic E-state index is -0.120. The Morgan fingerprint density at radius 3 is 2.76 bits per heavy atom. The lowest BCUT2D eigenvalue weighted by Crippen LogP contribution is -2.23. The van der Waals surface area contributed by atoms with Gasteiger partial charge in [-0.25, -0.2) is 0 Å². The Morgan fingerprint density at radius 1 is 1.19 bits per heavy atom. The first-order valence-corrected chi connectivity index (χ1v) is 7.34. The van der Waals surface area contributed by atoms with E-state index in [4.69, 9.17) is 9.15 Å². The first kappa shape index (κ1) is 13.9. The van der Waals surface area contributed by atoms with E-state index in [0.29, 0.717) is 18.3 Å². The summed E-state index contributed by atoms with van der Waals surface area (Å²) in [5.74, 6) is 2.25. The fourth-order valence-corrected chi connectivity index (χ4v) is 2.35. The zero-order valence-corrected chi connectivity index (χ0v) is 12.8. The molecular formula is C16H21N3O2. The van der Waals surface area contributed by atoms with Crippen LogP contribution in [0.3, 0.4) is 0 Å². The number of aromatic nitrogens is 2. The number of hydrogen-bond acceptors (Lipinski definition) is 5. The second-order valence-electron chi connectivity index (χ2n) is 6.34. The molecule has 0 aliphatic carbocycles. The maximum absolute atomic E-state index is 5.80. The summed E-state index contributed by atoms with van der Waals surface area (Å²) in [7, 11) is 0. The Morgan fingerprint density at radius 2 is 2.00 bits per heavy atom. The van der Waals surface area contributed by atoms with E-state index in [2.05, 4.69) is 41.9 Å². The van der Waals surface area contributed by atoms with Gasteiger partial charge in [0.25, 0.3) is 0 Å². The maximum atomic E-state index is 5.80. The molecule has 1 aliphatic heterocycles. The van der Waals surface area contributed by atoms with Crippen molar-refractivity contribution in [2.45, 2.75) is 39.2 Å². The molecule has 1 aliphatic rings. The smallest absolute Gasteiger partial charge is 0.235 e. The molecule has 0 N–H and O–H groups in total. The maximum Gasteiger partial charge on any atom is 0.235 e. The minimum absolute atomic E-state index is 0.120. The molecule has 2 heterocycles. The molecule has 0 fully saturated rings. The highest BCUT2D eigenvalue weighted by atomic mass is 16.5. The number of anilines is 1. The predicted molar refractivity (Wildman–Crippen MR) is 80.6 cm³/mol. The van der Waals surface area contributed by atoms with Crippen molar-refractivity contribution in [3.63, 3.8) is 0 Å². The second-order valence-corrected chi connectivity index (χ2v) is 6.34. The molecule has 0 unspecified atom stereocenters. The number of fused-ring (bicyclic) bond motifs is 1. The van der Waals surface area contributed by atoms with E-state index in [0.717, 1.165) is 31.0 Å². The van der Waals surface area contributed by atoms with Gasteiger partial charge in [0.1, 0.15) is 5.75 Å². The summed E-state index contributed by atoms with van der Waals surface area (Å²) in [5.41, 5.74) is 0.968. The van der Waals surface area contributed by atoms with E-state index < -0.39 is 0 Å². The fourth-order valence-electron chi connectivity index (χ4n) is 2.35. The van der Waals surface area contributed by atoms with Crippen LogP contribution in [-0.2, 0) is 12.0 Å². The Kier molecular flexibility index (Phi) is 3.57. The Hall–Kier alpha value is -2.04. The average molecular weight is 287 g/mol. The average Bonchev–Trinajstić information content (AvgIpc) is 2.82. The second kappa shape index (κ2) is 5.39. The molecule has 2 aromatic rings. The van der Waals surface area contributed by atoms with Crippen LogP contribution in [0.4, 0.5) is 5.69 Å². The number of ether oxygens (including phenoxy) is 1. The standard InChI is InChI=1S/C16H21N3O2/c1-16(2,3)15-18-17-14(21-15)11-19-9-6-10-20-13-8-5-4-7-12(13)19/h4-5,7-8H,6,9-11H2,1-3H3. The summed E-state index contributed by atoms with van der Waals surface area (Å²) < 4.78 is 11.6. The van der Waals surface area contributed by atoms with Crippen molar-refractivity contribution in [1.82, 2.24) is 10.2 Å². The highest BCUT2D eigenvalue weighted by molar-refractivity contribution is 5.58. The summed E-state index contributed by atoms with van der Waals surface area (Å²) in [6.07, 6.45) is 0.981. The van der Waals surface area contributed by atoms with E-state index in [1.54, 1.807) is 0 Å². The minimum Gasteiger partial charge on any atom is -0.491 e. The Balaban J connectivity index is 1.83. The fraction of sp³-hybridized carbons (Fsp3) is 0.500. The van der Waals surface area contributed by atoms with E-state index in [1.807, 2.05) is 18.2 Å². The van der Waals surface area contributed by atoms with Gasteiger partial charge in [0.2, 0.25) is 11.8 Å². The first-order chi connectivity index (χ1) is 10.0. The Labute approximate surface area is 124 Å². The van der Waals surface area contributed by atoms with Crippen molar-refractivity contribution < 1.29 is 9.15 Å². The predicted octanol–water partition coefficient (Wildman–Crippen LogP) is 3.16. The van der Waals surface area contributed by atoms with Crippen molar-refractivity contribution in [2.24, 2.45) is 0 Å². The van der Waals surface area contributed by atoms with Gasteiger partial charge < -0.3 is 14.1 Å². The largest absolute Gasteiger partial charge is 0.491 e. The van der Waals surface area contributed by atoms with Gasteiger partial charge in [0, 0.05) is 12.0 Å². The molecule has 5 nitrogen and oxygen atoms in total. The van der Waals surface area contributed by atoms with Gasteiger partial charge in [-0.15, -0.1) is 10.2 Å². The molecule has 5 heteroatoms. The van der Waals surface area contributed by atoms with Crippen LogP contribution in [0.2, 0.25) is 0 Å². The zero-order chi connectivity index (χ0) is 14.9. The third-order valence-corrected chi connectivity index (χ3v) is 3.47. The summed E-state index contributed by atoms with van der Waals surface area (Å²) in [6.45, 7) is 8.48. The lowest BCUT2D eigenvalue weighted by Gasteiger charge is -2.21. The van der Waals surface area contributed by atoms with Gasteiger partial charge in [-0.05, 0) is 18.6 Å². The van der Waals surface area contributed by atoms with Gasteiger partial charge >= 0.3 is 0 Å². The summed E-state index contributed by atoms with van der Waals surface area (Å²) in [5, 5.41) is 8.34. The van der Waals surface area contributed by atoms with Crippen molar-refractivity contribution in [2.75, 3.05) is 18.1 Å². The van der Waals surface area contributed by atoms with E-state index in [-0.39, 0.29) is 5.41 Å². The van der Waals surface area contributed by atoms with Crippen LogP contribution in [0.5, 0.6) is 5.75 Å². The van der Waals surface area contributed by atoms with Gasteiger partial charge in [-0.1, -0.05) is 32.9 Å². The molecule has 112 valence electrons. The topological polar surface area (TPSA) is 51.4 Å². The van der Waals surface area contributed by atoms with Crippen LogP contribution in [0, 0.1) is 0 Å². The van der Waals surface area contributed by atoms with Crippen LogP contribution in [-0.4, -0.2) is 23.3 Å². The molecule has 21 heavy (non-hydrogen) atoms. The third kappa shape index (κ3) is 3.01. The normalized spacial score (nSPS) is 15.3. The molecule has 0 bridgehead atoms. The third-order valence-electron chi connectivity index (χ3n) is 3.47. The number of nitrogens with zero attached hydrogens (tertiary/aromatic N) is 3. The lowest BCUT2D eigenvalue weighted by atomic mass is 9.97. The molecule has 3 rings (SSSR count). The number of para-hydroxylation sites is 2. The van der Waals surface area contributed by atoms with Crippen molar-refractivity contribution in [3.05, 3.63) is 36.0 Å². The molecule has 0 saturated carbocycles. The monoisotopic (exact) mass is 287 g/mol. The molecule has 1 aromatic carbocycles. The van der Waals surface area contributed by atoms with E-state index in [1.165, 1.54) is 0 Å². The molecule has 0 atom stereocenters. The summed E-state index contributed by atoms with van der Waals surface area (Å²) in [6, 6.07) is 8.09. The zero-order valence-electron chi connectivity index (χ0n) is 12.8. The number of hydrogen-bond donors (Lipinski definition) is 0. The quantitative estimate of drug-likeness (QED) is 0.849. The van der Waals surface area contributed by atoms with Gasteiger partial charge in [0.05, 0.1) is 18.8 Å². The van der Waals surface area contributed by atoms with Crippen LogP contribution < -0.4 is 9.64 Å². The van der Waals surface area contributed by atoms with E-state index in [9.17, 15) is 0 Å². The molecule has 0 amide bonds. The molecular weight excluding hydrogens is 266 g/mol. The van der Waals surface area contributed by atoms with Crippen molar-refractivity contribution >= 4 is 5.69 Å². The molecule has 1 aromatic heterocycles. The summed E-state index contributed by atoms with van der Waals surface area (Å²) in [4.78, 5) is 2.24. The van der Waals surface area contributed by atoms with Crippen LogP contribution in [0.1, 0.15) is 39.0 Å². The van der Waals surface area contributed by atoms with Crippen LogP contribution >= 0.6 is 0 Å². The van der Waals surface area contributed by atoms with Crippen molar-refractivity contribution in [1.29, 1.82) is 0 Å². The van der Waals surface area contributed by atoms with Gasteiger partial charge in [0.15, 0.2) is 0 Å². The van der Waals surface area contributed by atoms with Crippen LogP contribution in [0.25, 0.3) is 0 Å². The first-order valence-electron chi connectivity index (χ1n) is 7.34. The summed E-state index contributed by atoms with van der Waals surface area (Å²) >= 11 is 0. The molecule has 0 spiro atoms. The van der Waals surface area contributed by atoms with Crippen molar-refractivity contribution in [3.8, 4) is 5.75 Å². The Bertz CT molecular complexity index is 616. The van der Waals surface area contributed by atoms with Gasteiger partial charge in [-0.3, -0.25) is 0 Å². The number of rotatable bonds is 2. The van der Waals surface area contributed by atoms with Crippen LogP contribution in [0.15, 0.2) is 28.7 Å². The van der Waals surface area contributed by atoms with E-state index >= 15 is 0 Å². The lowest BCUT2D eigenvalue weighted by molar-refractivity contribution is 0.322. The van der Waals surface area contributed by atoms with Gasteiger partial charge in [-0.2, -0.15) is 0 Å². The molecule has 0 radical (unpaired) electrons. The molecule has 0 saturated heterocycles. The number of benzene rings is 1.